The van der Waals surface area contributed by atoms with E-state index in [9.17, 15) is 0 Å². The van der Waals surface area contributed by atoms with E-state index in [1.807, 2.05) is 0 Å². The summed E-state index contributed by atoms with van der Waals surface area (Å²) in [5, 5.41) is 7.28. The molecule has 0 spiro atoms. The number of anilines is 1. The summed E-state index contributed by atoms with van der Waals surface area (Å²) >= 11 is 0. The van der Waals surface area contributed by atoms with Crippen molar-refractivity contribution >= 4 is 11.5 Å². The van der Waals surface area contributed by atoms with Crippen LogP contribution in [0.2, 0.25) is 0 Å². The van der Waals surface area contributed by atoms with E-state index in [0.717, 1.165) is 5.52 Å². The fourth-order valence-corrected chi connectivity index (χ4v) is 0.788. The van der Waals surface area contributed by atoms with Crippen molar-refractivity contribution < 1.29 is 0 Å². The van der Waals surface area contributed by atoms with Gasteiger partial charge in [0.05, 0.1) is 17.9 Å². The Morgan fingerprint density at radius 1 is 1.40 bits per heavy atom. The zero-order chi connectivity index (χ0) is 6.97. The summed E-state index contributed by atoms with van der Waals surface area (Å²) in [6.07, 6.45) is 4.87. The highest BCUT2D eigenvalue weighted by molar-refractivity contribution is 5.45. The third-order valence-electron chi connectivity index (χ3n) is 1.26. The Kier molecular flexibility index (Phi) is 0.858. The number of nitrogen functional groups attached to an aromatic ring is 1. The fraction of sp³-hybridized carbons (Fsp3) is 0. The molecule has 5 heteroatoms. The summed E-state index contributed by atoms with van der Waals surface area (Å²) in [6, 6.07) is 0. The smallest absolute Gasteiger partial charge is 0.226 e. The SMILES string of the molecule is Nc1nncc2cncn12. The highest BCUT2D eigenvalue weighted by Gasteiger charge is 1.95. The maximum atomic E-state index is 5.45. The van der Waals surface area contributed by atoms with Gasteiger partial charge < -0.3 is 5.73 Å². The minimum atomic E-state index is 0.356. The van der Waals surface area contributed by atoms with Gasteiger partial charge in [0.25, 0.3) is 0 Å². The molecule has 0 amide bonds. The number of hydrogen-bond donors (Lipinski definition) is 1. The molecular weight excluding hydrogens is 130 g/mol. The predicted molar refractivity (Wildman–Crippen MR) is 35.2 cm³/mol. The molecule has 2 heterocycles. The first-order valence-corrected chi connectivity index (χ1v) is 2.77. The summed E-state index contributed by atoms with van der Waals surface area (Å²) in [4.78, 5) is 3.87. The minimum Gasteiger partial charge on any atom is -0.368 e. The lowest BCUT2D eigenvalue weighted by Crippen LogP contribution is -1.99. The van der Waals surface area contributed by atoms with Crippen LogP contribution < -0.4 is 5.73 Å². The summed E-state index contributed by atoms with van der Waals surface area (Å²) in [5.74, 6) is 0.356. The number of nitrogens with zero attached hydrogens (tertiary/aromatic N) is 4. The van der Waals surface area contributed by atoms with Crippen LogP contribution in [0.4, 0.5) is 5.95 Å². The van der Waals surface area contributed by atoms with Crippen LogP contribution in [-0.2, 0) is 0 Å². The Morgan fingerprint density at radius 2 is 2.30 bits per heavy atom. The average Bonchev–Trinajstić information content (AvgIpc) is 2.36. The molecule has 0 atom stereocenters. The van der Waals surface area contributed by atoms with Gasteiger partial charge in [0.2, 0.25) is 5.95 Å². The van der Waals surface area contributed by atoms with Crippen molar-refractivity contribution in [1.29, 1.82) is 0 Å². The summed E-state index contributed by atoms with van der Waals surface area (Å²) in [7, 11) is 0. The van der Waals surface area contributed by atoms with E-state index < -0.39 is 0 Å². The minimum absolute atomic E-state index is 0.356. The predicted octanol–water partition coefficient (Wildman–Crippen LogP) is -0.294. The molecule has 0 aliphatic rings. The fourth-order valence-electron chi connectivity index (χ4n) is 0.788. The van der Waals surface area contributed by atoms with Crippen molar-refractivity contribution in [2.45, 2.75) is 0 Å². The molecule has 0 fully saturated rings. The van der Waals surface area contributed by atoms with Gasteiger partial charge in [0.1, 0.15) is 6.33 Å². The number of imidazole rings is 1. The Morgan fingerprint density at radius 3 is 3.10 bits per heavy atom. The van der Waals surface area contributed by atoms with Crippen LogP contribution in [0.15, 0.2) is 18.7 Å². The molecule has 0 radical (unpaired) electrons. The van der Waals surface area contributed by atoms with Crippen molar-refractivity contribution in [1.82, 2.24) is 19.6 Å². The van der Waals surface area contributed by atoms with E-state index >= 15 is 0 Å². The third kappa shape index (κ3) is 0.540. The van der Waals surface area contributed by atoms with Gasteiger partial charge in [-0.05, 0) is 0 Å². The highest BCUT2D eigenvalue weighted by atomic mass is 15.2. The van der Waals surface area contributed by atoms with E-state index in [4.69, 9.17) is 5.73 Å². The molecule has 0 saturated carbocycles. The molecule has 2 rings (SSSR count). The Balaban J connectivity index is 2.95. The molecule has 0 bridgehead atoms. The van der Waals surface area contributed by atoms with E-state index in [0.29, 0.717) is 5.95 Å². The first-order chi connectivity index (χ1) is 4.88. The second kappa shape index (κ2) is 1.66. The van der Waals surface area contributed by atoms with Crippen molar-refractivity contribution in [2.75, 3.05) is 5.73 Å². The molecule has 0 saturated heterocycles. The van der Waals surface area contributed by atoms with Crippen LogP contribution in [0.5, 0.6) is 0 Å². The lowest BCUT2D eigenvalue weighted by atomic mass is 10.6. The Labute approximate surface area is 56.5 Å². The van der Waals surface area contributed by atoms with Crippen molar-refractivity contribution in [3.63, 3.8) is 0 Å². The zero-order valence-corrected chi connectivity index (χ0v) is 5.10. The van der Waals surface area contributed by atoms with Crippen LogP contribution in [0.1, 0.15) is 0 Å². The maximum Gasteiger partial charge on any atom is 0.226 e. The largest absolute Gasteiger partial charge is 0.368 e. The Bertz CT molecular complexity index is 352. The van der Waals surface area contributed by atoms with Gasteiger partial charge in [-0.3, -0.25) is 4.40 Å². The van der Waals surface area contributed by atoms with Crippen LogP contribution in [0.25, 0.3) is 5.52 Å². The normalized spacial score (nSPS) is 10.4. The summed E-state index contributed by atoms with van der Waals surface area (Å²) in [6.45, 7) is 0. The molecule has 5 nitrogen and oxygen atoms in total. The topological polar surface area (TPSA) is 69.1 Å². The first kappa shape index (κ1) is 5.16. The van der Waals surface area contributed by atoms with Crippen LogP contribution in [-0.4, -0.2) is 19.6 Å². The van der Waals surface area contributed by atoms with Crippen molar-refractivity contribution in [3.8, 4) is 0 Å². The summed E-state index contributed by atoms with van der Waals surface area (Å²) in [5.41, 5.74) is 6.30. The second-order valence-corrected chi connectivity index (χ2v) is 1.89. The van der Waals surface area contributed by atoms with E-state index in [1.165, 1.54) is 0 Å². The van der Waals surface area contributed by atoms with Gasteiger partial charge >= 0.3 is 0 Å². The number of aromatic nitrogens is 4. The third-order valence-corrected chi connectivity index (χ3v) is 1.26. The quantitative estimate of drug-likeness (QED) is 0.538. The van der Waals surface area contributed by atoms with Crippen molar-refractivity contribution in [3.05, 3.63) is 18.7 Å². The Hall–Kier alpha value is -1.65. The maximum absolute atomic E-state index is 5.45. The standard InChI is InChI=1S/C5H5N5/c6-5-9-8-2-4-1-7-3-10(4)5/h1-3H,(H2,6,9). The molecule has 2 aromatic rings. The zero-order valence-electron chi connectivity index (χ0n) is 5.10. The lowest BCUT2D eigenvalue weighted by Gasteiger charge is -1.93. The lowest BCUT2D eigenvalue weighted by molar-refractivity contribution is 0.964. The average molecular weight is 135 g/mol. The van der Waals surface area contributed by atoms with Crippen LogP contribution >= 0.6 is 0 Å². The van der Waals surface area contributed by atoms with Crippen LogP contribution in [0.3, 0.4) is 0 Å². The molecule has 0 aliphatic heterocycles. The molecule has 0 aliphatic carbocycles. The van der Waals surface area contributed by atoms with Gasteiger partial charge in [-0.2, -0.15) is 5.10 Å². The number of hydrogen-bond acceptors (Lipinski definition) is 4. The molecule has 0 unspecified atom stereocenters. The molecule has 50 valence electrons. The molecule has 2 N–H and O–H groups in total. The van der Waals surface area contributed by atoms with E-state index in [1.54, 1.807) is 23.1 Å². The van der Waals surface area contributed by atoms with Crippen molar-refractivity contribution in [2.24, 2.45) is 0 Å². The molecular formula is C5H5N5. The number of rotatable bonds is 0. The van der Waals surface area contributed by atoms with Crippen LogP contribution in [0, 0.1) is 0 Å². The number of fused-ring (bicyclic) bond motifs is 1. The second-order valence-electron chi connectivity index (χ2n) is 1.89. The first-order valence-electron chi connectivity index (χ1n) is 2.77. The van der Waals surface area contributed by atoms with Gasteiger partial charge in [-0.25, -0.2) is 4.98 Å². The van der Waals surface area contributed by atoms with Gasteiger partial charge in [0, 0.05) is 0 Å². The van der Waals surface area contributed by atoms with Gasteiger partial charge in [0.15, 0.2) is 0 Å². The van der Waals surface area contributed by atoms with Gasteiger partial charge in [-0.15, -0.1) is 5.10 Å². The van der Waals surface area contributed by atoms with Gasteiger partial charge in [-0.1, -0.05) is 0 Å². The highest BCUT2D eigenvalue weighted by Crippen LogP contribution is 2.01. The van der Waals surface area contributed by atoms with E-state index in [-0.39, 0.29) is 0 Å². The molecule has 0 aromatic carbocycles. The molecule has 2 aromatic heterocycles. The summed E-state index contributed by atoms with van der Waals surface area (Å²) < 4.78 is 1.66. The number of nitrogens with two attached hydrogens (primary N) is 1. The van der Waals surface area contributed by atoms with E-state index in [2.05, 4.69) is 15.2 Å². The molecule has 10 heavy (non-hydrogen) atoms. The monoisotopic (exact) mass is 135 g/mol.